The monoisotopic (exact) mass is 281 g/mol. The first kappa shape index (κ1) is 15.9. The van der Waals surface area contributed by atoms with Crippen molar-refractivity contribution in [2.24, 2.45) is 5.92 Å². The number of rotatable bonds is 6. The summed E-state index contributed by atoms with van der Waals surface area (Å²) in [5.41, 5.74) is 5.87. The number of anilines is 1. The number of nitrogen functional groups attached to an aromatic ring is 1. The molecule has 2 amide bonds. The summed E-state index contributed by atoms with van der Waals surface area (Å²) < 4.78 is 13.0. The van der Waals surface area contributed by atoms with Crippen LogP contribution < -0.4 is 16.4 Å². The number of hydrogen-bond acceptors (Lipinski definition) is 3. The fourth-order valence-corrected chi connectivity index (χ4v) is 1.52. The lowest BCUT2D eigenvalue weighted by Crippen LogP contribution is -2.32. The van der Waals surface area contributed by atoms with Crippen LogP contribution in [0.15, 0.2) is 18.2 Å². The molecule has 0 atom stereocenters. The van der Waals surface area contributed by atoms with E-state index in [4.69, 9.17) is 5.73 Å². The van der Waals surface area contributed by atoms with Gasteiger partial charge in [-0.15, -0.1) is 0 Å². The maximum Gasteiger partial charge on any atom is 0.253 e. The van der Waals surface area contributed by atoms with Crippen molar-refractivity contribution >= 4 is 17.5 Å². The maximum absolute atomic E-state index is 13.0. The molecule has 1 rings (SSSR count). The van der Waals surface area contributed by atoms with E-state index < -0.39 is 11.7 Å². The van der Waals surface area contributed by atoms with Crippen LogP contribution in [0.25, 0.3) is 0 Å². The largest absolute Gasteiger partial charge is 0.398 e. The molecule has 0 saturated heterocycles. The van der Waals surface area contributed by atoms with Gasteiger partial charge in [-0.1, -0.05) is 13.8 Å². The van der Waals surface area contributed by atoms with Crippen LogP contribution in [0.1, 0.15) is 30.6 Å². The molecule has 0 saturated carbocycles. The maximum atomic E-state index is 13.0. The van der Waals surface area contributed by atoms with Crippen molar-refractivity contribution in [1.82, 2.24) is 10.6 Å². The van der Waals surface area contributed by atoms with Gasteiger partial charge in [-0.3, -0.25) is 9.59 Å². The SMILES string of the molecule is CC(C)CNC(=O)CCNC(=O)c1cc(F)ccc1N. The molecule has 0 fully saturated rings. The Labute approximate surface area is 117 Å². The molecule has 0 bridgehead atoms. The molecular weight excluding hydrogens is 261 g/mol. The summed E-state index contributed by atoms with van der Waals surface area (Å²) in [6.07, 6.45) is 0.174. The third-order valence-electron chi connectivity index (χ3n) is 2.61. The van der Waals surface area contributed by atoms with E-state index >= 15 is 0 Å². The molecule has 20 heavy (non-hydrogen) atoms. The molecule has 0 aromatic heterocycles. The Bertz CT molecular complexity index is 489. The smallest absolute Gasteiger partial charge is 0.253 e. The minimum atomic E-state index is -0.529. The minimum absolute atomic E-state index is 0.0765. The number of benzene rings is 1. The van der Waals surface area contributed by atoms with E-state index in [2.05, 4.69) is 10.6 Å². The van der Waals surface area contributed by atoms with Gasteiger partial charge in [-0.05, 0) is 24.1 Å². The molecule has 0 spiro atoms. The summed E-state index contributed by atoms with van der Waals surface area (Å²) in [4.78, 5) is 23.2. The van der Waals surface area contributed by atoms with Crippen LogP contribution in [0, 0.1) is 11.7 Å². The molecule has 6 heteroatoms. The van der Waals surface area contributed by atoms with Crippen LogP contribution in [0.4, 0.5) is 10.1 Å². The van der Waals surface area contributed by atoms with E-state index in [1.54, 1.807) is 0 Å². The van der Waals surface area contributed by atoms with E-state index in [1.165, 1.54) is 12.1 Å². The minimum Gasteiger partial charge on any atom is -0.398 e. The number of nitrogens with two attached hydrogens (primary N) is 1. The molecular formula is C14H20FN3O2. The van der Waals surface area contributed by atoms with E-state index in [0.717, 1.165) is 6.07 Å². The first-order chi connectivity index (χ1) is 9.40. The summed E-state index contributed by atoms with van der Waals surface area (Å²) in [5.74, 6) is -0.774. The van der Waals surface area contributed by atoms with Gasteiger partial charge in [0.2, 0.25) is 5.91 Å². The summed E-state index contributed by atoms with van der Waals surface area (Å²) >= 11 is 0. The fraction of sp³-hybridized carbons (Fsp3) is 0.429. The highest BCUT2D eigenvalue weighted by molar-refractivity contribution is 5.99. The van der Waals surface area contributed by atoms with E-state index in [1.807, 2.05) is 13.8 Å². The number of hydrogen-bond donors (Lipinski definition) is 3. The summed E-state index contributed by atoms with van der Waals surface area (Å²) in [6, 6.07) is 3.59. The average Bonchev–Trinajstić information content (AvgIpc) is 2.39. The Morgan fingerprint density at radius 1 is 1.30 bits per heavy atom. The van der Waals surface area contributed by atoms with Crippen LogP contribution in [0.5, 0.6) is 0 Å². The molecule has 4 N–H and O–H groups in total. The highest BCUT2D eigenvalue weighted by atomic mass is 19.1. The number of amides is 2. The van der Waals surface area contributed by atoms with Crippen LogP contribution in [0.2, 0.25) is 0 Å². The van der Waals surface area contributed by atoms with E-state index in [-0.39, 0.29) is 30.1 Å². The van der Waals surface area contributed by atoms with Gasteiger partial charge in [0.25, 0.3) is 5.91 Å². The second-order valence-electron chi connectivity index (χ2n) is 4.94. The van der Waals surface area contributed by atoms with Gasteiger partial charge in [0.15, 0.2) is 0 Å². The summed E-state index contributed by atoms with van der Waals surface area (Å²) in [5, 5.41) is 5.28. The summed E-state index contributed by atoms with van der Waals surface area (Å²) in [6.45, 7) is 4.77. The molecule has 5 nitrogen and oxygen atoms in total. The van der Waals surface area contributed by atoms with Crippen LogP contribution in [-0.2, 0) is 4.79 Å². The topological polar surface area (TPSA) is 84.2 Å². The number of carbonyl (C=O) groups excluding carboxylic acids is 2. The van der Waals surface area contributed by atoms with Gasteiger partial charge in [-0.2, -0.15) is 0 Å². The molecule has 1 aromatic rings. The Morgan fingerprint density at radius 2 is 2.00 bits per heavy atom. The molecule has 0 radical (unpaired) electrons. The van der Waals surface area contributed by atoms with Crippen molar-refractivity contribution in [3.8, 4) is 0 Å². The third kappa shape index (κ3) is 5.26. The first-order valence-electron chi connectivity index (χ1n) is 6.50. The van der Waals surface area contributed by atoms with Crippen LogP contribution >= 0.6 is 0 Å². The zero-order chi connectivity index (χ0) is 15.1. The second-order valence-corrected chi connectivity index (χ2v) is 4.94. The van der Waals surface area contributed by atoms with E-state index in [0.29, 0.717) is 12.5 Å². The van der Waals surface area contributed by atoms with Crippen molar-refractivity contribution in [2.75, 3.05) is 18.8 Å². The predicted molar refractivity (Wildman–Crippen MR) is 75.6 cm³/mol. The Kier molecular flexibility index (Phi) is 5.96. The average molecular weight is 281 g/mol. The Balaban J connectivity index is 2.40. The second kappa shape index (κ2) is 7.47. The van der Waals surface area contributed by atoms with Gasteiger partial charge >= 0.3 is 0 Å². The zero-order valence-electron chi connectivity index (χ0n) is 11.7. The first-order valence-corrected chi connectivity index (χ1v) is 6.50. The summed E-state index contributed by atoms with van der Waals surface area (Å²) in [7, 11) is 0. The molecule has 0 aliphatic heterocycles. The predicted octanol–water partition coefficient (Wildman–Crippen LogP) is 1.30. The van der Waals surface area contributed by atoms with Gasteiger partial charge in [0.05, 0.1) is 5.56 Å². The highest BCUT2D eigenvalue weighted by Gasteiger charge is 2.11. The third-order valence-corrected chi connectivity index (χ3v) is 2.61. The number of carbonyl (C=O) groups is 2. The van der Waals surface area contributed by atoms with Gasteiger partial charge in [-0.25, -0.2) is 4.39 Å². The van der Waals surface area contributed by atoms with Crippen molar-refractivity contribution in [2.45, 2.75) is 20.3 Å². The van der Waals surface area contributed by atoms with E-state index in [9.17, 15) is 14.0 Å². The fourth-order valence-electron chi connectivity index (χ4n) is 1.52. The highest BCUT2D eigenvalue weighted by Crippen LogP contribution is 2.12. The van der Waals surface area contributed by atoms with Crippen LogP contribution in [0.3, 0.4) is 0 Å². The molecule has 110 valence electrons. The lowest BCUT2D eigenvalue weighted by atomic mass is 10.1. The van der Waals surface area contributed by atoms with Crippen molar-refractivity contribution < 1.29 is 14.0 Å². The lowest BCUT2D eigenvalue weighted by Gasteiger charge is -2.09. The van der Waals surface area contributed by atoms with Crippen molar-refractivity contribution in [3.05, 3.63) is 29.6 Å². The number of nitrogens with one attached hydrogen (secondary N) is 2. The molecule has 0 aliphatic rings. The normalized spacial score (nSPS) is 10.4. The molecule has 0 unspecified atom stereocenters. The number of halogens is 1. The van der Waals surface area contributed by atoms with Gasteiger partial charge in [0.1, 0.15) is 5.82 Å². The molecule has 0 aliphatic carbocycles. The Hall–Kier alpha value is -2.11. The van der Waals surface area contributed by atoms with Crippen molar-refractivity contribution in [1.29, 1.82) is 0 Å². The molecule has 0 heterocycles. The van der Waals surface area contributed by atoms with Gasteiger partial charge in [0, 0.05) is 25.2 Å². The lowest BCUT2D eigenvalue weighted by molar-refractivity contribution is -0.121. The zero-order valence-corrected chi connectivity index (χ0v) is 11.7. The molecule has 1 aromatic carbocycles. The van der Waals surface area contributed by atoms with Gasteiger partial charge < -0.3 is 16.4 Å². The van der Waals surface area contributed by atoms with Crippen molar-refractivity contribution in [3.63, 3.8) is 0 Å². The Morgan fingerprint density at radius 3 is 2.65 bits per heavy atom. The standard InChI is InChI=1S/C14H20FN3O2/c1-9(2)8-18-13(19)5-6-17-14(20)11-7-10(15)3-4-12(11)16/h3-4,7,9H,5-6,8,16H2,1-2H3,(H,17,20)(H,18,19). The van der Waals surface area contributed by atoms with Crippen LogP contribution in [-0.4, -0.2) is 24.9 Å². The quantitative estimate of drug-likeness (QED) is 0.687.